The monoisotopic (exact) mass is 380 g/mol. The molecule has 1 amide bonds. The highest BCUT2D eigenvalue weighted by molar-refractivity contribution is 5.68. The molecule has 0 N–H and O–H groups in total. The number of ether oxygens (including phenoxy) is 3. The summed E-state index contributed by atoms with van der Waals surface area (Å²) in [4.78, 5) is 24.2. The topological polar surface area (TPSA) is 91.1 Å². The van der Waals surface area contributed by atoms with Crippen LogP contribution in [0.2, 0.25) is 0 Å². The average Bonchev–Trinajstić information content (AvgIpc) is 2.60. The number of likely N-dealkylation sites (tertiary alicyclic amines) is 1. The number of nitrogens with zero attached hydrogens (tertiary/aromatic N) is 2. The molecule has 2 rings (SSSR count). The van der Waals surface area contributed by atoms with E-state index in [4.69, 9.17) is 14.2 Å². The first-order valence-electron chi connectivity index (χ1n) is 9.13. The summed E-state index contributed by atoms with van der Waals surface area (Å²) in [5.41, 5.74) is -0.514. The summed E-state index contributed by atoms with van der Waals surface area (Å²) >= 11 is 0. The Bertz CT molecular complexity index is 663. The van der Waals surface area contributed by atoms with Crippen LogP contribution >= 0.6 is 0 Å². The Labute approximate surface area is 159 Å². The fourth-order valence-corrected chi connectivity index (χ4v) is 2.96. The van der Waals surface area contributed by atoms with Crippen molar-refractivity contribution >= 4 is 11.8 Å². The lowest BCUT2D eigenvalue weighted by Crippen LogP contribution is -2.41. The van der Waals surface area contributed by atoms with Gasteiger partial charge in [0, 0.05) is 19.2 Å². The lowest BCUT2D eigenvalue weighted by atomic mass is 9.94. The minimum atomic E-state index is -0.481. The number of piperidine rings is 1. The second kappa shape index (κ2) is 8.92. The van der Waals surface area contributed by atoms with E-state index >= 15 is 0 Å². The zero-order valence-corrected chi connectivity index (χ0v) is 16.4. The molecule has 1 fully saturated rings. The van der Waals surface area contributed by atoms with Gasteiger partial charge in [0.1, 0.15) is 5.60 Å². The number of hydrogen-bond acceptors (Lipinski definition) is 6. The van der Waals surface area contributed by atoms with Gasteiger partial charge in [0.05, 0.1) is 24.7 Å². The molecule has 0 bridgehead atoms. The number of hydrogen-bond donors (Lipinski definition) is 0. The van der Waals surface area contributed by atoms with E-state index < -0.39 is 10.5 Å². The smallest absolute Gasteiger partial charge is 0.410 e. The molecule has 1 aromatic rings. The van der Waals surface area contributed by atoms with Crippen LogP contribution in [0.15, 0.2) is 18.2 Å². The Balaban J connectivity index is 1.78. The second-order valence-corrected chi connectivity index (χ2v) is 7.64. The van der Waals surface area contributed by atoms with Crippen LogP contribution in [-0.2, 0) is 4.74 Å². The molecule has 0 atom stereocenters. The standard InChI is InChI=1S/C19H28N2O6/c1-19(2,3)27-18(22)20-10-7-14(8-11-20)9-12-26-16-6-5-15(21(23)24)13-17(16)25-4/h5-6,13-14H,7-12H2,1-4H3. The summed E-state index contributed by atoms with van der Waals surface area (Å²) < 4.78 is 16.3. The van der Waals surface area contributed by atoms with Crippen molar-refractivity contribution < 1.29 is 23.9 Å². The van der Waals surface area contributed by atoms with Gasteiger partial charge in [0.25, 0.3) is 5.69 Å². The fraction of sp³-hybridized carbons (Fsp3) is 0.632. The van der Waals surface area contributed by atoms with Gasteiger partial charge in [-0.25, -0.2) is 4.79 Å². The Morgan fingerprint density at radius 1 is 1.26 bits per heavy atom. The number of carbonyl (C=O) groups excluding carboxylic acids is 1. The van der Waals surface area contributed by atoms with Crippen LogP contribution in [0.5, 0.6) is 11.5 Å². The van der Waals surface area contributed by atoms with Crippen molar-refractivity contribution in [2.45, 2.75) is 45.6 Å². The highest BCUT2D eigenvalue weighted by Crippen LogP contribution is 2.31. The van der Waals surface area contributed by atoms with Crippen LogP contribution in [0.3, 0.4) is 0 Å². The summed E-state index contributed by atoms with van der Waals surface area (Å²) in [5, 5.41) is 10.8. The van der Waals surface area contributed by atoms with E-state index in [9.17, 15) is 14.9 Å². The number of rotatable bonds is 6. The quantitative estimate of drug-likeness (QED) is 0.547. The third kappa shape index (κ3) is 6.30. The number of benzene rings is 1. The second-order valence-electron chi connectivity index (χ2n) is 7.64. The third-order valence-electron chi connectivity index (χ3n) is 4.41. The van der Waals surface area contributed by atoms with Crippen LogP contribution < -0.4 is 9.47 Å². The number of nitro groups is 1. The van der Waals surface area contributed by atoms with Crippen molar-refractivity contribution in [2.75, 3.05) is 26.8 Å². The van der Waals surface area contributed by atoms with Gasteiger partial charge < -0.3 is 19.1 Å². The zero-order chi connectivity index (χ0) is 20.0. The largest absolute Gasteiger partial charge is 0.493 e. The molecule has 1 aromatic carbocycles. The molecule has 1 aliphatic heterocycles. The lowest BCUT2D eigenvalue weighted by molar-refractivity contribution is -0.385. The predicted molar refractivity (Wildman–Crippen MR) is 100 cm³/mol. The van der Waals surface area contributed by atoms with Crippen LogP contribution in [0.25, 0.3) is 0 Å². The van der Waals surface area contributed by atoms with Gasteiger partial charge in [-0.3, -0.25) is 10.1 Å². The lowest BCUT2D eigenvalue weighted by Gasteiger charge is -2.33. The molecule has 1 heterocycles. The maximum atomic E-state index is 12.1. The first-order chi connectivity index (χ1) is 12.7. The van der Waals surface area contributed by atoms with Crippen molar-refractivity contribution in [3.8, 4) is 11.5 Å². The minimum absolute atomic E-state index is 0.0336. The van der Waals surface area contributed by atoms with Gasteiger partial charge in [0.2, 0.25) is 0 Å². The van der Waals surface area contributed by atoms with Gasteiger partial charge in [-0.05, 0) is 52.0 Å². The van der Waals surface area contributed by atoms with E-state index in [1.54, 1.807) is 11.0 Å². The Morgan fingerprint density at radius 2 is 1.93 bits per heavy atom. The maximum Gasteiger partial charge on any atom is 0.410 e. The fourth-order valence-electron chi connectivity index (χ4n) is 2.96. The van der Waals surface area contributed by atoms with E-state index in [1.807, 2.05) is 20.8 Å². The molecular formula is C19H28N2O6. The Morgan fingerprint density at radius 3 is 2.48 bits per heavy atom. The maximum absolute atomic E-state index is 12.1. The SMILES string of the molecule is COc1cc([N+](=O)[O-])ccc1OCCC1CCN(C(=O)OC(C)(C)C)CC1. The van der Waals surface area contributed by atoms with Crippen molar-refractivity contribution in [2.24, 2.45) is 5.92 Å². The molecule has 0 saturated carbocycles. The Kier molecular flexibility index (Phi) is 6.87. The number of methoxy groups -OCH3 is 1. The van der Waals surface area contributed by atoms with Crippen molar-refractivity contribution in [1.82, 2.24) is 4.90 Å². The van der Waals surface area contributed by atoms with Crippen LogP contribution in [0, 0.1) is 16.0 Å². The molecule has 1 saturated heterocycles. The van der Waals surface area contributed by atoms with Crippen molar-refractivity contribution in [3.05, 3.63) is 28.3 Å². The highest BCUT2D eigenvalue weighted by atomic mass is 16.6. The molecule has 0 aromatic heterocycles. The minimum Gasteiger partial charge on any atom is -0.493 e. The summed E-state index contributed by atoms with van der Waals surface area (Å²) in [6.45, 7) is 7.44. The van der Waals surface area contributed by atoms with E-state index in [0.29, 0.717) is 37.1 Å². The molecule has 150 valence electrons. The summed E-state index contributed by atoms with van der Waals surface area (Å²) in [6.07, 6.45) is 2.40. The zero-order valence-electron chi connectivity index (χ0n) is 16.4. The molecule has 0 unspecified atom stereocenters. The number of nitro benzene ring substituents is 1. The molecule has 8 heteroatoms. The van der Waals surface area contributed by atoms with Gasteiger partial charge >= 0.3 is 6.09 Å². The number of amides is 1. The van der Waals surface area contributed by atoms with Crippen LogP contribution in [0.4, 0.5) is 10.5 Å². The highest BCUT2D eigenvalue weighted by Gasteiger charge is 2.26. The molecule has 8 nitrogen and oxygen atoms in total. The number of non-ortho nitro benzene ring substituents is 1. The average molecular weight is 380 g/mol. The molecule has 1 aliphatic rings. The van der Waals surface area contributed by atoms with E-state index in [1.165, 1.54) is 19.2 Å². The molecule has 0 aliphatic carbocycles. The first-order valence-corrected chi connectivity index (χ1v) is 9.13. The van der Waals surface area contributed by atoms with E-state index in [2.05, 4.69) is 0 Å². The van der Waals surface area contributed by atoms with Gasteiger partial charge in [0.15, 0.2) is 11.5 Å². The van der Waals surface area contributed by atoms with E-state index in [-0.39, 0.29) is 11.8 Å². The first kappa shape index (κ1) is 20.8. The molecule has 0 spiro atoms. The van der Waals surface area contributed by atoms with Crippen molar-refractivity contribution in [1.29, 1.82) is 0 Å². The summed E-state index contributed by atoms with van der Waals surface area (Å²) in [6, 6.07) is 4.31. The van der Waals surface area contributed by atoms with Gasteiger partial charge in [-0.15, -0.1) is 0 Å². The van der Waals surface area contributed by atoms with Crippen LogP contribution in [-0.4, -0.2) is 48.3 Å². The predicted octanol–water partition coefficient (Wildman–Crippen LogP) is 4.02. The Hall–Kier alpha value is -2.51. The van der Waals surface area contributed by atoms with Gasteiger partial charge in [-0.2, -0.15) is 0 Å². The molecule has 27 heavy (non-hydrogen) atoms. The number of carbonyl (C=O) groups is 1. The molecular weight excluding hydrogens is 352 g/mol. The summed E-state index contributed by atoms with van der Waals surface area (Å²) in [7, 11) is 1.46. The van der Waals surface area contributed by atoms with E-state index in [0.717, 1.165) is 19.3 Å². The third-order valence-corrected chi connectivity index (χ3v) is 4.41. The summed E-state index contributed by atoms with van der Waals surface area (Å²) in [5.74, 6) is 1.31. The normalized spacial score (nSPS) is 15.3. The van der Waals surface area contributed by atoms with Gasteiger partial charge in [-0.1, -0.05) is 0 Å². The molecule has 0 radical (unpaired) electrons. The van der Waals surface area contributed by atoms with Crippen molar-refractivity contribution in [3.63, 3.8) is 0 Å². The van der Waals surface area contributed by atoms with Crippen LogP contribution in [0.1, 0.15) is 40.0 Å².